The van der Waals surface area contributed by atoms with Crippen molar-refractivity contribution in [2.24, 2.45) is 0 Å². The summed E-state index contributed by atoms with van der Waals surface area (Å²) in [5.41, 5.74) is 6.11. The molecule has 0 bridgehead atoms. The fraction of sp³-hybridized carbons (Fsp3) is 0.538. The summed E-state index contributed by atoms with van der Waals surface area (Å²) in [4.78, 5) is -0.352. The topological polar surface area (TPSA) is 72.6 Å². The van der Waals surface area contributed by atoms with Crippen LogP contribution < -0.4 is 5.73 Å². The van der Waals surface area contributed by atoms with Crippen LogP contribution in [-0.4, -0.2) is 38.5 Å². The van der Waals surface area contributed by atoms with Crippen LogP contribution in [0.2, 0.25) is 0 Å². The maximum atomic E-state index is 14.2. The fourth-order valence-electron chi connectivity index (χ4n) is 2.36. The maximum absolute atomic E-state index is 14.2. The molecule has 1 aromatic rings. The Morgan fingerprint density at radius 1 is 1.50 bits per heavy atom. The first kappa shape index (κ1) is 15.2. The summed E-state index contributed by atoms with van der Waals surface area (Å²) < 4.78 is 46.1. The number of halogens is 1. The number of hydrogen-bond donors (Lipinski definition) is 1. The highest BCUT2D eigenvalue weighted by Gasteiger charge is 2.35. The molecule has 0 aromatic heterocycles. The van der Waals surface area contributed by atoms with Crippen molar-refractivity contribution in [1.29, 1.82) is 0 Å². The normalized spacial score (nSPS) is 21.1. The van der Waals surface area contributed by atoms with Crippen molar-refractivity contribution in [1.82, 2.24) is 4.31 Å². The lowest BCUT2D eigenvalue weighted by Crippen LogP contribution is -2.48. The van der Waals surface area contributed by atoms with E-state index in [1.807, 2.05) is 6.92 Å². The van der Waals surface area contributed by atoms with E-state index in [2.05, 4.69) is 0 Å². The van der Waals surface area contributed by atoms with Gasteiger partial charge in [-0.25, -0.2) is 12.8 Å². The zero-order chi connectivity index (χ0) is 14.9. The molecule has 0 aliphatic carbocycles. The van der Waals surface area contributed by atoms with Crippen LogP contribution >= 0.6 is 0 Å². The van der Waals surface area contributed by atoms with E-state index in [0.717, 1.165) is 0 Å². The number of nitrogens with zero attached hydrogens (tertiary/aromatic N) is 1. The average Bonchev–Trinajstić information content (AvgIpc) is 2.42. The van der Waals surface area contributed by atoms with Crippen molar-refractivity contribution in [3.63, 3.8) is 0 Å². The largest absolute Gasteiger partial charge is 0.399 e. The smallest absolute Gasteiger partial charge is 0.246 e. The van der Waals surface area contributed by atoms with Crippen LogP contribution in [-0.2, 0) is 14.8 Å². The molecule has 1 aromatic carbocycles. The first-order valence-corrected chi connectivity index (χ1v) is 7.97. The SMILES string of the molecule is CCC1COCCN1S(=O)(=O)c1cc(N)cc(C)c1F. The predicted octanol–water partition coefficient (Wildman–Crippen LogP) is 1.52. The Morgan fingerprint density at radius 2 is 2.20 bits per heavy atom. The van der Waals surface area contributed by atoms with Gasteiger partial charge in [-0.05, 0) is 31.0 Å². The molecule has 2 N–H and O–H groups in total. The van der Waals surface area contributed by atoms with E-state index in [1.54, 1.807) is 0 Å². The second-order valence-electron chi connectivity index (χ2n) is 4.90. The first-order valence-electron chi connectivity index (χ1n) is 6.53. The number of rotatable bonds is 3. The molecule has 2 rings (SSSR count). The summed E-state index contributed by atoms with van der Waals surface area (Å²) >= 11 is 0. The molecular weight excluding hydrogens is 283 g/mol. The summed E-state index contributed by atoms with van der Waals surface area (Å²) in [6.45, 7) is 4.26. The summed E-state index contributed by atoms with van der Waals surface area (Å²) in [5, 5.41) is 0. The van der Waals surface area contributed by atoms with Gasteiger partial charge in [-0.1, -0.05) is 6.92 Å². The Balaban J connectivity index is 2.49. The third kappa shape index (κ3) is 2.65. The van der Waals surface area contributed by atoms with Gasteiger partial charge in [0.15, 0.2) is 0 Å². The minimum Gasteiger partial charge on any atom is -0.399 e. The van der Waals surface area contributed by atoms with Crippen LogP contribution in [0, 0.1) is 12.7 Å². The van der Waals surface area contributed by atoms with Crippen LogP contribution in [0.15, 0.2) is 17.0 Å². The number of morpholine rings is 1. The van der Waals surface area contributed by atoms with Crippen molar-refractivity contribution in [2.45, 2.75) is 31.2 Å². The van der Waals surface area contributed by atoms with Crippen molar-refractivity contribution in [3.8, 4) is 0 Å². The molecule has 0 amide bonds. The van der Waals surface area contributed by atoms with E-state index in [4.69, 9.17) is 10.5 Å². The molecule has 112 valence electrons. The molecule has 0 radical (unpaired) electrons. The quantitative estimate of drug-likeness (QED) is 0.859. The highest BCUT2D eigenvalue weighted by atomic mass is 32.2. The monoisotopic (exact) mass is 302 g/mol. The Labute approximate surface area is 118 Å². The molecule has 1 fully saturated rings. The molecule has 0 saturated carbocycles. The van der Waals surface area contributed by atoms with E-state index in [1.165, 1.54) is 23.4 Å². The third-order valence-corrected chi connectivity index (χ3v) is 5.43. The van der Waals surface area contributed by atoms with Crippen LogP contribution in [0.3, 0.4) is 0 Å². The number of ether oxygens (including phenoxy) is 1. The lowest BCUT2D eigenvalue weighted by Gasteiger charge is -2.34. The van der Waals surface area contributed by atoms with Crippen molar-refractivity contribution >= 4 is 15.7 Å². The van der Waals surface area contributed by atoms with Gasteiger partial charge in [0, 0.05) is 18.3 Å². The van der Waals surface area contributed by atoms with Gasteiger partial charge in [0.2, 0.25) is 10.0 Å². The second kappa shape index (κ2) is 5.67. The molecule has 5 nitrogen and oxygen atoms in total. The Hall–Kier alpha value is -1.18. The Morgan fingerprint density at radius 3 is 2.85 bits per heavy atom. The molecule has 1 saturated heterocycles. The number of aryl methyl sites for hydroxylation is 1. The van der Waals surface area contributed by atoms with Gasteiger partial charge in [-0.15, -0.1) is 0 Å². The van der Waals surface area contributed by atoms with Gasteiger partial charge >= 0.3 is 0 Å². The highest BCUT2D eigenvalue weighted by Crippen LogP contribution is 2.27. The maximum Gasteiger partial charge on any atom is 0.246 e. The fourth-order valence-corrected chi connectivity index (χ4v) is 4.20. The minimum absolute atomic E-state index is 0.227. The zero-order valence-electron chi connectivity index (χ0n) is 11.6. The molecule has 1 heterocycles. The van der Waals surface area contributed by atoms with Crippen LogP contribution in [0.1, 0.15) is 18.9 Å². The Kier molecular flexibility index (Phi) is 4.31. The molecule has 0 spiro atoms. The van der Waals surface area contributed by atoms with Crippen LogP contribution in [0.25, 0.3) is 0 Å². The number of sulfonamides is 1. The predicted molar refractivity (Wildman–Crippen MR) is 74.3 cm³/mol. The number of nitrogen functional groups attached to an aromatic ring is 1. The number of anilines is 1. The third-order valence-electron chi connectivity index (χ3n) is 3.47. The lowest BCUT2D eigenvalue weighted by molar-refractivity contribution is 0.0313. The standard InChI is InChI=1S/C13H19FN2O3S/c1-3-11-8-19-5-4-16(11)20(17,18)12-7-10(15)6-9(2)13(12)14/h6-7,11H,3-5,8,15H2,1-2H3. The first-order chi connectivity index (χ1) is 9.37. The molecule has 20 heavy (non-hydrogen) atoms. The molecular formula is C13H19FN2O3S. The number of benzene rings is 1. The van der Waals surface area contributed by atoms with E-state index in [-0.39, 0.29) is 28.7 Å². The van der Waals surface area contributed by atoms with Crippen molar-refractivity contribution < 1.29 is 17.5 Å². The van der Waals surface area contributed by atoms with Gasteiger partial charge in [-0.3, -0.25) is 0 Å². The summed E-state index contributed by atoms with van der Waals surface area (Å²) in [7, 11) is -3.90. The molecule has 1 atom stereocenters. The molecule has 1 aliphatic heterocycles. The van der Waals surface area contributed by atoms with Gasteiger partial charge in [0.1, 0.15) is 10.7 Å². The van der Waals surface area contributed by atoms with E-state index < -0.39 is 15.8 Å². The van der Waals surface area contributed by atoms with Crippen molar-refractivity contribution in [2.75, 3.05) is 25.5 Å². The minimum atomic E-state index is -3.90. The second-order valence-corrected chi connectivity index (χ2v) is 6.76. The van der Waals surface area contributed by atoms with Gasteiger partial charge in [0.25, 0.3) is 0 Å². The van der Waals surface area contributed by atoms with E-state index in [9.17, 15) is 12.8 Å². The van der Waals surface area contributed by atoms with Gasteiger partial charge in [0.05, 0.1) is 13.2 Å². The van der Waals surface area contributed by atoms with Crippen LogP contribution in [0.4, 0.5) is 10.1 Å². The van der Waals surface area contributed by atoms with E-state index in [0.29, 0.717) is 19.6 Å². The average molecular weight is 302 g/mol. The molecule has 1 aliphatic rings. The summed E-state index contributed by atoms with van der Waals surface area (Å²) in [6, 6.07) is 2.33. The van der Waals surface area contributed by atoms with Gasteiger partial charge in [-0.2, -0.15) is 4.31 Å². The zero-order valence-corrected chi connectivity index (χ0v) is 12.4. The summed E-state index contributed by atoms with van der Waals surface area (Å²) in [6.07, 6.45) is 0.613. The van der Waals surface area contributed by atoms with Crippen molar-refractivity contribution in [3.05, 3.63) is 23.5 Å². The summed E-state index contributed by atoms with van der Waals surface area (Å²) in [5.74, 6) is -0.736. The Bertz CT molecular complexity index is 604. The number of nitrogens with two attached hydrogens (primary N) is 1. The number of hydrogen-bond acceptors (Lipinski definition) is 4. The lowest BCUT2D eigenvalue weighted by atomic mass is 10.2. The van der Waals surface area contributed by atoms with Gasteiger partial charge < -0.3 is 10.5 Å². The van der Waals surface area contributed by atoms with E-state index >= 15 is 0 Å². The van der Waals surface area contributed by atoms with Crippen LogP contribution in [0.5, 0.6) is 0 Å². The highest BCUT2D eigenvalue weighted by molar-refractivity contribution is 7.89. The molecule has 7 heteroatoms. The molecule has 1 unspecified atom stereocenters.